The van der Waals surface area contributed by atoms with Gasteiger partial charge in [0, 0.05) is 0 Å². The Labute approximate surface area is 147 Å². The summed E-state index contributed by atoms with van der Waals surface area (Å²) >= 11 is 3.33. The molecule has 1 aromatic rings. The first-order chi connectivity index (χ1) is 11.4. The van der Waals surface area contributed by atoms with Crippen molar-refractivity contribution in [2.45, 2.75) is 6.92 Å². The summed E-state index contributed by atoms with van der Waals surface area (Å²) in [4.78, 5) is 22.4. The fraction of sp³-hybridized carbons (Fsp3) is 0.188. The first-order valence-corrected chi connectivity index (χ1v) is 7.47. The standard InChI is InChI=1S/C16H14BrN3O4/c1-3-5-24-14-12(17)7-10(8-13(14)23-4-2)6-11(9-18)15(21)20-16(19)22/h1,6-8H,4-5H2,2H3,(H3,19,20,21,22)/b11-6-. The van der Waals surface area contributed by atoms with Crippen LogP contribution < -0.4 is 20.5 Å². The second-order valence-electron chi connectivity index (χ2n) is 4.24. The number of benzene rings is 1. The van der Waals surface area contributed by atoms with Gasteiger partial charge in [-0.05, 0) is 46.6 Å². The maximum absolute atomic E-state index is 11.7. The number of urea groups is 1. The van der Waals surface area contributed by atoms with E-state index in [0.29, 0.717) is 28.1 Å². The normalized spacial score (nSPS) is 10.2. The number of halogens is 1. The molecule has 0 saturated heterocycles. The monoisotopic (exact) mass is 391 g/mol. The highest BCUT2D eigenvalue weighted by molar-refractivity contribution is 9.10. The van der Waals surface area contributed by atoms with Crippen LogP contribution in [0.15, 0.2) is 22.2 Å². The number of nitriles is 1. The molecule has 0 aromatic heterocycles. The number of imide groups is 1. The van der Waals surface area contributed by atoms with Crippen LogP contribution in [0.2, 0.25) is 0 Å². The van der Waals surface area contributed by atoms with E-state index >= 15 is 0 Å². The van der Waals surface area contributed by atoms with Crippen molar-refractivity contribution >= 4 is 33.9 Å². The highest BCUT2D eigenvalue weighted by Crippen LogP contribution is 2.37. The van der Waals surface area contributed by atoms with Gasteiger partial charge in [-0.25, -0.2) is 4.79 Å². The minimum absolute atomic E-state index is 0.0539. The van der Waals surface area contributed by atoms with Crippen molar-refractivity contribution in [2.24, 2.45) is 5.73 Å². The molecule has 3 N–H and O–H groups in total. The van der Waals surface area contributed by atoms with Crippen LogP contribution in [0.4, 0.5) is 4.79 Å². The van der Waals surface area contributed by atoms with Crippen molar-refractivity contribution in [3.8, 4) is 29.9 Å². The molecule has 0 aliphatic heterocycles. The van der Waals surface area contributed by atoms with Crippen LogP contribution in [-0.4, -0.2) is 25.2 Å². The van der Waals surface area contributed by atoms with Crippen molar-refractivity contribution in [3.63, 3.8) is 0 Å². The number of nitrogens with two attached hydrogens (primary N) is 1. The van der Waals surface area contributed by atoms with Gasteiger partial charge >= 0.3 is 6.03 Å². The van der Waals surface area contributed by atoms with Gasteiger partial charge in [0.1, 0.15) is 18.2 Å². The van der Waals surface area contributed by atoms with Crippen molar-refractivity contribution in [1.82, 2.24) is 5.32 Å². The number of rotatable bonds is 6. The van der Waals surface area contributed by atoms with Gasteiger partial charge in [0.2, 0.25) is 0 Å². The van der Waals surface area contributed by atoms with Crippen molar-refractivity contribution < 1.29 is 19.1 Å². The third kappa shape index (κ3) is 5.34. The van der Waals surface area contributed by atoms with Gasteiger partial charge < -0.3 is 15.2 Å². The van der Waals surface area contributed by atoms with Gasteiger partial charge in [-0.15, -0.1) is 6.42 Å². The summed E-state index contributed by atoms with van der Waals surface area (Å²) in [5.74, 6) is 2.25. The number of amides is 3. The highest BCUT2D eigenvalue weighted by atomic mass is 79.9. The van der Waals surface area contributed by atoms with Crippen LogP contribution in [-0.2, 0) is 4.79 Å². The quantitative estimate of drug-likeness (QED) is 0.436. The minimum atomic E-state index is -1.05. The molecule has 24 heavy (non-hydrogen) atoms. The molecule has 124 valence electrons. The Hall–Kier alpha value is -2.97. The molecule has 0 bridgehead atoms. The van der Waals surface area contributed by atoms with Gasteiger partial charge in [-0.2, -0.15) is 5.26 Å². The second kappa shape index (κ2) is 9.23. The van der Waals surface area contributed by atoms with Crippen LogP contribution in [0.1, 0.15) is 12.5 Å². The summed E-state index contributed by atoms with van der Waals surface area (Å²) in [5, 5.41) is 10.9. The van der Waals surface area contributed by atoms with Crippen LogP contribution >= 0.6 is 15.9 Å². The summed E-state index contributed by atoms with van der Waals surface area (Å²) < 4.78 is 11.4. The molecule has 0 spiro atoms. The molecule has 8 heteroatoms. The molecule has 1 rings (SSSR count). The largest absolute Gasteiger partial charge is 0.490 e. The topological polar surface area (TPSA) is 114 Å². The molecular formula is C16H14BrN3O4. The molecule has 0 aliphatic carbocycles. The third-order valence-corrected chi connectivity index (χ3v) is 3.13. The van der Waals surface area contributed by atoms with E-state index in [0.717, 1.165) is 0 Å². The lowest BCUT2D eigenvalue weighted by Crippen LogP contribution is -2.35. The maximum Gasteiger partial charge on any atom is 0.319 e. The summed E-state index contributed by atoms with van der Waals surface area (Å²) in [6, 6.07) is 3.85. The van der Waals surface area contributed by atoms with Crippen LogP contribution in [0.3, 0.4) is 0 Å². The lowest BCUT2D eigenvalue weighted by Gasteiger charge is -2.13. The fourth-order valence-electron chi connectivity index (χ4n) is 1.68. The van der Waals surface area contributed by atoms with E-state index in [9.17, 15) is 9.59 Å². The molecule has 0 saturated carbocycles. The zero-order valence-electron chi connectivity index (χ0n) is 12.8. The van der Waals surface area contributed by atoms with E-state index in [1.165, 1.54) is 6.08 Å². The third-order valence-electron chi connectivity index (χ3n) is 2.54. The SMILES string of the molecule is C#CCOc1c(Br)cc(/C=C(/C#N)C(=O)NC(N)=O)cc1OCC. The molecule has 0 atom stereocenters. The van der Waals surface area contributed by atoms with E-state index in [1.54, 1.807) is 25.1 Å². The number of nitrogens with one attached hydrogen (secondary N) is 1. The zero-order valence-corrected chi connectivity index (χ0v) is 14.3. The smallest absolute Gasteiger partial charge is 0.319 e. The maximum atomic E-state index is 11.7. The summed E-state index contributed by atoms with van der Waals surface area (Å²) in [6.07, 6.45) is 6.47. The number of hydrogen-bond donors (Lipinski definition) is 2. The predicted octanol–water partition coefficient (Wildman–Crippen LogP) is 1.96. The summed E-state index contributed by atoms with van der Waals surface area (Å²) in [6.45, 7) is 2.22. The Bertz CT molecular complexity index is 760. The molecule has 1 aromatic carbocycles. The number of carbonyl (C=O) groups excluding carboxylic acids is 2. The Balaban J connectivity index is 3.27. The lowest BCUT2D eigenvalue weighted by atomic mass is 10.1. The van der Waals surface area contributed by atoms with Gasteiger partial charge in [0.15, 0.2) is 11.5 Å². The van der Waals surface area contributed by atoms with Crippen molar-refractivity contribution in [3.05, 3.63) is 27.7 Å². The molecule has 0 radical (unpaired) electrons. The van der Waals surface area contributed by atoms with Gasteiger partial charge in [0.05, 0.1) is 11.1 Å². The van der Waals surface area contributed by atoms with Crippen molar-refractivity contribution in [2.75, 3.05) is 13.2 Å². The lowest BCUT2D eigenvalue weighted by molar-refractivity contribution is -0.115. The average Bonchev–Trinajstić information content (AvgIpc) is 2.51. The molecule has 0 fully saturated rings. The van der Waals surface area contributed by atoms with Gasteiger partial charge in [-0.1, -0.05) is 5.92 Å². The van der Waals surface area contributed by atoms with Gasteiger partial charge in [-0.3, -0.25) is 10.1 Å². The zero-order chi connectivity index (χ0) is 18.1. The van der Waals surface area contributed by atoms with Crippen LogP contribution in [0.5, 0.6) is 11.5 Å². The molecule has 0 unspecified atom stereocenters. The summed E-state index contributed by atoms with van der Waals surface area (Å²) in [5.41, 5.74) is 5.06. The number of carbonyl (C=O) groups is 2. The highest BCUT2D eigenvalue weighted by Gasteiger charge is 2.14. The van der Waals surface area contributed by atoms with E-state index in [2.05, 4.69) is 21.9 Å². The number of terminal acetylenes is 1. The average molecular weight is 392 g/mol. The number of ether oxygens (including phenoxy) is 2. The fourth-order valence-corrected chi connectivity index (χ4v) is 2.26. The number of primary amides is 1. The van der Waals surface area contributed by atoms with Crippen molar-refractivity contribution in [1.29, 1.82) is 5.26 Å². The van der Waals surface area contributed by atoms with E-state index < -0.39 is 11.9 Å². The molecule has 3 amide bonds. The minimum Gasteiger partial charge on any atom is -0.490 e. The number of hydrogen-bond acceptors (Lipinski definition) is 5. The summed E-state index contributed by atoms with van der Waals surface area (Å²) in [7, 11) is 0. The molecular weight excluding hydrogens is 378 g/mol. The first-order valence-electron chi connectivity index (χ1n) is 6.68. The van der Waals surface area contributed by atoms with Crippen LogP contribution in [0.25, 0.3) is 6.08 Å². The van der Waals surface area contributed by atoms with E-state index in [4.69, 9.17) is 26.9 Å². The molecule has 7 nitrogen and oxygen atoms in total. The van der Waals surface area contributed by atoms with Gasteiger partial charge in [0.25, 0.3) is 5.91 Å². The first kappa shape index (κ1) is 19.1. The Kier molecular flexibility index (Phi) is 7.34. The molecule has 0 aliphatic rings. The van der Waals surface area contributed by atoms with E-state index in [1.807, 2.05) is 5.32 Å². The second-order valence-corrected chi connectivity index (χ2v) is 5.10. The Morgan fingerprint density at radius 3 is 2.71 bits per heavy atom. The number of nitrogens with zero attached hydrogens (tertiary/aromatic N) is 1. The predicted molar refractivity (Wildman–Crippen MR) is 91.0 cm³/mol. The van der Waals surface area contributed by atoms with Crippen LogP contribution in [0, 0.1) is 23.7 Å². The van der Waals surface area contributed by atoms with E-state index in [-0.39, 0.29) is 12.2 Å². The molecule has 0 heterocycles. The Morgan fingerprint density at radius 1 is 1.46 bits per heavy atom. The Morgan fingerprint density at radius 2 is 2.17 bits per heavy atom.